The van der Waals surface area contributed by atoms with Gasteiger partial charge >= 0.3 is 0 Å². The highest BCUT2D eigenvalue weighted by molar-refractivity contribution is 8.77. The summed E-state index contributed by atoms with van der Waals surface area (Å²) in [5, 5.41) is 0.353. The SMILES string of the molecule is CCCCCCC(CCCCCC)[C@@H](SSC(C)(C)C)C(Cl)Cl. The van der Waals surface area contributed by atoms with E-state index in [1.807, 2.05) is 21.6 Å². The molecule has 23 heavy (non-hydrogen) atoms. The number of halogens is 2. The third kappa shape index (κ3) is 14.2. The summed E-state index contributed by atoms with van der Waals surface area (Å²) in [6.07, 6.45) is 13.2. The van der Waals surface area contributed by atoms with Crippen LogP contribution in [0.3, 0.4) is 0 Å². The first-order valence-electron chi connectivity index (χ1n) is 9.44. The molecule has 140 valence electrons. The highest BCUT2D eigenvalue weighted by Gasteiger charge is 2.29. The van der Waals surface area contributed by atoms with Gasteiger partial charge in [0.1, 0.15) is 4.84 Å². The molecule has 1 atom stereocenters. The van der Waals surface area contributed by atoms with Gasteiger partial charge in [0.05, 0.1) is 0 Å². The molecule has 0 aromatic carbocycles. The summed E-state index contributed by atoms with van der Waals surface area (Å²) in [5.74, 6) is 0.656. The fourth-order valence-corrected chi connectivity index (χ4v) is 6.67. The zero-order chi connectivity index (χ0) is 17.7. The molecule has 0 saturated heterocycles. The summed E-state index contributed by atoms with van der Waals surface area (Å²) < 4.78 is 0.251. The highest BCUT2D eigenvalue weighted by Crippen LogP contribution is 2.45. The van der Waals surface area contributed by atoms with E-state index in [9.17, 15) is 0 Å². The second-order valence-corrected chi connectivity index (χ2v) is 11.9. The van der Waals surface area contributed by atoms with Crippen molar-refractivity contribution >= 4 is 44.8 Å². The molecule has 0 spiro atoms. The van der Waals surface area contributed by atoms with Crippen molar-refractivity contribution in [2.45, 2.75) is 114 Å². The Bertz CT molecular complexity index is 253. The molecule has 0 heterocycles. The molecule has 0 unspecified atom stereocenters. The van der Waals surface area contributed by atoms with Gasteiger partial charge < -0.3 is 0 Å². The van der Waals surface area contributed by atoms with Gasteiger partial charge in [0.25, 0.3) is 0 Å². The molecule has 0 nitrogen and oxygen atoms in total. The maximum Gasteiger partial charge on any atom is 0.120 e. The molecule has 0 rings (SSSR count). The Hall–Kier alpha value is 1.28. The van der Waals surface area contributed by atoms with Gasteiger partial charge in [-0.2, -0.15) is 0 Å². The Balaban J connectivity index is 4.57. The number of rotatable bonds is 14. The van der Waals surface area contributed by atoms with Gasteiger partial charge in [-0.05, 0) is 18.8 Å². The maximum absolute atomic E-state index is 6.38. The molecule has 0 aliphatic heterocycles. The summed E-state index contributed by atoms with van der Waals surface area (Å²) >= 11 is 12.8. The molecular weight excluding hydrogens is 363 g/mol. The van der Waals surface area contributed by atoms with Crippen molar-refractivity contribution in [2.24, 2.45) is 5.92 Å². The summed E-state index contributed by atoms with van der Waals surface area (Å²) in [6, 6.07) is 0. The molecule has 0 aliphatic rings. The molecule has 0 N–H and O–H groups in total. The van der Waals surface area contributed by atoms with Crippen molar-refractivity contribution in [1.82, 2.24) is 0 Å². The molecule has 0 aromatic heterocycles. The van der Waals surface area contributed by atoms with Crippen molar-refractivity contribution in [3.63, 3.8) is 0 Å². The molecule has 0 fully saturated rings. The number of unbranched alkanes of at least 4 members (excludes halogenated alkanes) is 6. The van der Waals surface area contributed by atoms with Gasteiger partial charge in [-0.3, -0.25) is 0 Å². The van der Waals surface area contributed by atoms with Crippen LogP contribution in [0.1, 0.15) is 98.8 Å². The summed E-state index contributed by atoms with van der Waals surface area (Å²) in [4.78, 5) is -0.266. The number of hydrogen-bond donors (Lipinski definition) is 0. The first kappa shape index (κ1) is 24.3. The maximum atomic E-state index is 6.38. The molecule has 0 bridgehead atoms. The van der Waals surface area contributed by atoms with Crippen molar-refractivity contribution in [3.8, 4) is 0 Å². The number of hydrogen-bond acceptors (Lipinski definition) is 2. The van der Waals surface area contributed by atoms with E-state index in [0.717, 1.165) is 0 Å². The lowest BCUT2D eigenvalue weighted by Gasteiger charge is -2.30. The minimum atomic E-state index is -0.266. The molecule has 0 amide bonds. The Morgan fingerprint density at radius 2 is 1.26 bits per heavy atom. The van der Waals surface area contributed by atoms with Crippen LogP contribution in [0.4, 0.5) is 0 Å². The van der Waals surface area contributed by atoms with Crippen LogP contribution in [0.5, 0.6) is 0 Å². The van der Waals surface area contributed by atoms with E-state index in [1.165, 1.54) is 64.2 Å². The predicted molar refractivity (Wildman–Crippen MR) is 115 cm³/mol. The van der Waals surface area contributed by atoms with Crippen LogP contribution in [0, 0.1) is 5.92 Å². The third-order valence-electron chi connectivity index (χ3n) is 3.98. The lowest BCUT2D eigenvalue weighted by atomic mass is 9.92. The van der Waals surface area contributed by atoms with Crippen molar-refractivity contribution in [1.29, 1.82) is 0 Å². The zero-order valence-electron chi connectivity index (χ0n) is 15.9. The monoisotopic (exact) mass is 400 g/mol. The Morgan fingerprint density at radius 3 is 1.61 bits per heavy atom. The second-order valence-electron chi connectivity index (χ2n) is 7.55. The molecule has 4 heteroatoms. The van der Waals surface area contributed by atoms with Crippen LogP contribution in [-0.2, 0) is 0 Å². The molecule has 0 aromatic rings. The summed E-state index contributed by atoms with van der Waals surface area (Å²) in [7, 11) is 3.86. The minimum Gasteiger partial charge on any atom is -0.104 e. The van der Waals surface area contributed by atoms with Crippen LogP contribution in [-0.4, -0.2) is 14.8 Å². The first-order valence-corrected chi connectivity index (χ1v) is 12.5. The van der Waals surface area contributed by atoms with Crippen molar-refractivity contribution in [2.75, 3.05) is 0 Å². The molecule has 0 aliphatic carbocycles. The molecular formula is C19H38Cl2S2. The van der Waals surface area contributed by atoms with Gasteiger partial charge in [-0.25, -0.2) is 0 Å². The Morgan fingerprint density at radius 1 is 0.783 bits per heavy atom. The van der Waals surface area contributed by atoms with Crippen molar-refractivity contribution in [3.05, 3.63) is 0 Å². The minimum absolute atomic E-state index is 0.251. The highest BCUT2D eigenvalue weighted by atomic mass is 35.5. The fourth-order valence-electron chi connectivity index (χ4n) is 2.67. The van der Waals surface area contributed by atoms with E-state index in [0.29, 0.717) is 11.2 Å². The predicted octanol–water partition coefficient (Wildman–Crippen LogP) is 8.90. The largest absolute Gasteiger partial charge is 0.120 e. The molecule has 0 saturated carbocycles. The van der Waals surface area contributed by atoms with Gasteiger partial charge in [0, 0.05) is 10.00 Å². The van der Waals surface area contributed by atoms with Gasteiger partial charge in [-0.1, -0.05) is 108 Å². The average Bonchev–Trinajstić information content (AvgIpc) is 2.45. The standard InChI is InChI=1S/C19H38Cl2S2/c1-6-8-10-12-14-16(15-13-11-9-7-2)17(18(20)21)22-23-19(3,4)5/h16-18H,6-15H2,1-5H3/t17-/m1/s1. The van der Waals surface area contributed by atoms with E-state index in [4.69, 9.17) is 23.2 Å². The smallest absolute Gasteiger partial charge is 0.104 e. The first-order chi connectivity index (χ1) is 10.8. The van der Waals surface area contributed by atoms with E-state index < -0.39 is 0 Å². The quantitative estimate of drug-likeness (QED) is 0.162. The van der Waals surface area contributed by atoms with Crippen molar-refractivity contribution < 1.29 is 0 Å². The Kier molecular flexibility index (Phi) is 15.3. The van der Waals surface area contributed by atoms with E-state index in [-0.39, 0.29) is 9.58 Å². The summed E-state index contributed by atoms with van der Waals surface area (Å²) in [6.45, 7) is 11.3. The van der Waals surface area contributed by atoms with Gasteiger partial charge in [0.2, 0.25) is 0 Å². The lowest BCUT2D eigenvalue weighted by molar-refractivity contribution is 0.401. The third-order valence-corrected chi connectivity index (χ3v) is 8.75. The second kappa shape index (κ2) is 14.4. The Labute approximate surface area is 164 Å². The topological polar surface area (TPSA) is 0 Å². The van der Waals surface area contributed by atoms with Crippen LogP contribution >= 0.6 is 44.8 Å². The van der Waals surface area contributed by atoms with Crippen LogP contribution < -0.4 is 0 Å². The number of alkyl halides is 2. The van der Waals surface area contributed by atoms with Crippen LogP contribution in [0.25, 0.3) is 0 Å². The van der Waals surface area contributed by atoms with E-state index in [2.05, 4.69) is 34.6 Å². The van der Waals surface area contributed by atoms with Crippen LogP contribution in [0.2, 0.25) is 0 Å². The van der Waals surface area contributed by atoms with E-state index >= 15 is 0 Å². The molecule has 0 radical (unpaired) electrons. The van der Waals surface area contributed by atoms with Gasteiger partial charge in [0.15, 0.2) is 0 Å². The fraction of sp³-hybridized carbons (Fsp3) is 1.00. The van der Waals surface area contributed by atoms with Gasteiger partial charge in [-0.15, -0.1) is 23.2 Å². The summed E-state index contributed by atoms with van der Waals surface area (Å²) in [5.41, 5.74) is 0. The normalized spacial score (nSPS) is 14.0. The lowest BCUT2D eigenvalue weighted by Crippen LogP contribution is -2.24. The average molecular weight is 402 g/mol. The van der Waals surface area contributed by atoms with Crippen LogP contribution in [0.15, 0.2) is 0 Å². The zero-order valence-corrected chi connectivity index (χ0v) is 19.0. The van der Waals surface area contributed by atoms with E-state index in [1.54, 1.807) is 0 Å².